The summed E-state index contributed by atoms with van der Waals surface area (Å²) < 4.78 is 28.9. The van der Waals surface area contributed by atoms with Crippen molar-refractivity contribution in [3.8, 4) is 0 Å². The van der Waals surface area contributed by atoms with Gasteiger partial charge in [0.1, 0.15) is 0 Å². The molecule has 33 heavy (non-hydrogen) atoms. The summed E-state index contributed by atoms with van der Waals surface area (Å²) in [7, 11) is -3.91. The topological polar surface area (TPSA) is 73.2 Å². The van der Waals surface area contributed by atoms with Crippen LogP contribution in [0.5, 0.6) is 0 Å². The first-order chi connectivity index (χ1) is 15.9. The third-order valence-electron chi connectivity index (χ3n) is 6.57. The van der Waals surface area contributed by atoms with E-state index in [1.165, 1.54) is 3.97 Å². The number of hydrogen-bond donors (Lipinski definition) is 0. The maximum Gasteiger partial charge on any atom is 0.268 e. The summed E-state index contributed by atoms with van der Waals surface area (Å²) in [6.45, 7) is 1.90. The zero-order valence-corrected chi connectivity index (χ0v) is 18.6. The smallest absolute Gasteiger partial charge is 0.268 e. The van der Waals surface area contributed by atoms with E-state index in [2.05, 4.69) is 0 Å². The Morgan fingerprint density at radius 3 is 2.12 bits per heavy atom. The highest BCUT2D eigenvalue weighted by molar-refractivity contribution is 7.90. The largest absolute Gasteiger partial charge is 0.289 e. The monoisotopic (exact) mass is 453 g/mol. The molecule has 0 atom stereocenters. The van der Waals surface area contributed by atoms with E-state index in [0.717, 1.165) is 5.56 Å². The molecule has 0 aliphatic heterocycles. The molecule has 162 valence electrons. The summed E-state index contributed by atoms with van der Waals surface area (Å²) >= 11 is 0. The van der Waals surface area contributed by atoms with E-state index in [4.69, 9.17) is 0 Å². The van der Waals surface area contributed by atoms with Crippen molar-refractivity contribution in [3.05, 3.63) is 106 Å². The van der Waals surface area contributed by atoms with Crippen LogP contribution in [-0.2, 0) is 16.4 Å². The SMILES string of the molecule is Cc1ccc(S(=O)(=O)n2c3c(c4ccccc42)C2=C(CC3)C(=O)c3ccccc3C2=O)cc1. The van der Waals surface area contributed by atoms with E-state index < -0.39 is 10.0 Å². The maximum atomic E-state index is 13.8. The van der Waals surface area contributed by atoms with Crippen molar-refractivity contribution in [1.29, 1.82) is 0 Å². The number of aryl methyl sites for hydroxylation is 1. The van der Waals surface area contributed by atoms with Crippen LogP contribution in [0.2, 0.25) is 0 Å². The van der Waals surface area contributed by atoms with Crippen LogP contribution in [0, 0.1) is 6.92 Å². The number of hydrogen-bond acceptors (Lipinski definition) is 4. The van der Waals surface area contributed by atoms with Gasteiger partial charge in [-0.1, -0.05) is 60.2 Å². The number of nitrogens with zero attached hydrogens (tertiary/aromatic N) is 1. The standard InChI is InChI=1S/C27H19NO4S/c1-16-10-12-17(13-11-16)33(31,32)28-22-9-5-4-8-20(22)24-23(28)15-14-21-25(24)27(30)19-7-3-2-6-18(19)26(21)29/h2-13H,14-15H2,1H3. The highest BCUT2D eigenvalue weighted by Crippen LogP contribution is 2.44. The van der Waals surface area contributed by atoms with Gasteiger partial charge in [0.25, 0.3) is 10.0 Å². The first-order valence-corrected chi connectivity index (χ1v) is 12.2. The lowest BCUT2D eigenvalue weighted by molar-refractivity contribution is 0.0988. The minimum atomic E-state index is -3.91. The minimum Gasteiger partial charge on any atom is -0.289 e. The van der Waals surface area contributed by atoms with Crippen molar-refractivity contribution >= 4 is 38.1 Å². The van der Waals surface area contributed by atoms with Gasteiger partial charge < -0.3 is 0 Å². The van der Waals surface area contributed by atoms with Gasteiger partial charge >= 0.3 is 0 Å². The number of carbonyl (C=O) groups is 2. The van der Waals surface area contributed by atoms with Crippen molar-refractivity contribution in [2.45, 2.75) is 24.7 Å². The van der Waals surface area contributed by atoms with Crippen LogP contribution in [0.4, 0.5) is 0 Å². The first kappa shape index (κ1) is 19.9. The summed E-state index contributed by atoms with van der Waals surface area (Å²) in [5, 5.41) is 0.663. The van der Waals surface area contributed by atoms with Crippen molar-refractivity contribution in [1.82, 2.24) is 3.97 Å². The molecule has 0 fully saturated rings. The molecule has 4 aromatic rings. The summed E-state index contributed by atoms with van der Waals surface area (Å²) in [4.78, 5) is 27.1. The van der Waals surface area contributed by atoms with E-state index in [0.29, 0.717) is 57.3 Å². The molecule has 0 N–H and O–H groups in total. The lowest BCUT2D eigenvalue weighted by atomic mass is 9.76. The number of benzene rings is 3. The number of ketones is 2. The molecule has 3 aromatic carbocycles. The Bertz CT molecular complexity index is 1650. The predicted octanol–water partition coefficient (Wildman–Crippen LogP) is 4.97. The maximum absolute atomic E-state index is 13.8. The van der Waals surface area contributed by atoms with Gasteiger partial charge in [0, 0.05) is 38.9 Å². The van der Waals surface area contributed by atoms with Gasteiger partial charge in [0.05, 0.1) is 10.4 Å². The molecule has 0 saturated carbocycles. The molecule has 6 rings (SSSR count). The fraction of sp³-hybridized carbons (Fsp3) is 0.111. The van der Waals surface area contributed by atoms with E-state index >= 15 is 0 Å². The van der Waals surface area contributed by atoms with Crippen molar-refractivity contribution in [2.75, 3.05) is 0 Å². The van der Waals surface area contributed by atoms with E-state index in [1.54, 1.807) is 60.7 Å². The summed E-state index contributed by atoms with van der Waals surface area (Å²) in [5.41, 5.74) is 4.19. The third kappa shape index (κ3) is 2.67. The molecule has 0 saturated heterocycles. The van der Waals surface area contributed by atoms with E-state index in [1.807, 2.05) is 19.1 Å². The fourth-order valence-corrected chi connectivity index (χ4v) is 6.62. The van der Waals surface area contributed by atoms with Crippen LogP contribution < -0.4 is 0 Å². The zero-order chi connectivity index (χ0) is 22.9. The van der Waals surface area contributed by atoms with Gasteiger partial charge in [-0.25, -0.2) is 12.4 Å². The van der Waals surface area contributed by atoms with E-state index in [9.17, 15) is 18.0 Å². The molecule has 0 amide bonds. The Morgan fingerprint density at radius 1 is 0.758 bits per heavy atom. The van der Waals surface area contributed by atoms with Crippen LogP contribution in [0.3, 0.4) is 0 Å². The minimum absolute atomic E-state index is 0.149. The normalized spacial score (nSPS) is 15.4. The van der Waals surface area contributed by atoms with E-state index in [-0.39, 0.29) is 16.5 Å². The lowest BCUT2D eigenvalue weighted by Gasteiger charge is -2.26. The summed E-state index contributed by atoms with van der Waals surface area (Å²) in [6, 6.07) is 20.8. The fourth-order valence-electron chi connectivity index (χ4n) is 5.03. The van der Waals surface area contributed by atoms with Gasteiger partial charge in [-0.15, -0.1) is 0 Å². The molecule has 1 aromatic heterocycles. The number of carbonyl (C=O) groups excluding carboxylic acids is 2. The van der Waals surface area contributed by atoms with Crippen LogP contribution in [0.15, 0.2) is 83.3 Å². The van der Waals surface area contributed by atoms with Crippen molar-refractivity contribution in [2.24, 2.45) is 0 Å². The van der Waals surface area contributed by atoms with Gasteiger partial charge in [-0.3, -0.25) is 9.59 Å². The molecule has 0 bridgehead atoms. The molecular weight excluding hydrogens is 434 g/mol. The Hall–Kier alpha value is -3.77. The highest BCUT2D eigenvalue weighted by atomic mass is 32.2. The Kier molecular flexibility index (Phi) is 4.13. The van der Waals surface area contributed by atoms with Gasteiger partial charge in [0.15, 0.2) is 11.6 Å². The number of Topliss-reactive ketones (excluding diaryl/α,β-unsaturated/α-hetero) is 2. The average Bonchev–Trinajstić information content (AvgIpc) is 3.18. The number of allylic oxidation sites excluding steroid dienone is 2. The summed E-state index contributed by atoms with van der Waals surface area (Å²) in [5.74, 6) is -0.374. The molecule has 6 heteroatoms. The molecule has 2 aliphatic rings. The Morgan fingerprint density at radius 2 is 1.39 bits per heavy atom. The molecule has 0 unspecified atom stereocenters. The number of rotatable bonds is 2. The quantitative estimate of drug-likeness (QED) is 0.430. The molecule has 1 heterocycles. The molecule has 2 aliphatic carbocycles. The van der Waals surface area contributed by atoms with Crippen LogP contribution >= 0.6 is 0 Å². The van der Waals surface area contributed by atoms with Gasteiger partial charge in [0.2, 0.25) is 0 Å². The predicted molar refractivity (Wildman–Crippen MR) is 126 cm³/mol. The second-order valence-electron chi connectivity index (χ2n) is 8.48. The van der Waals surface area contributed by atoms with Crippen LogP contribution in [0.25, 0.3) is 16.5 Å². The number of fused-ring (bicyclic) bond motifs is 5. The average molecular weight is 454 g/mol. The van der Waals surface area contributed by atoms with Gasteiger partial charge in [-0.2, -0.15) is 0 Å². The first-order valence-electron chi connectivity index (χ1n) is 10.8. The Labute approximate surface area is 191 Å². The number of aromatic nitrogens is 1. The zero-order valence-electron chi connectivity index (χ0n) is 17.8. The Balaban J connectivity index is 1.68. The second kappa shape index (κ2) is 6.86. The number of para-hydroxylation sites is 1. The second-order valence-corrected chi connectivity index (χ2v) is 10.3. The van der Waals surface area contributed by atoms with Gasteiger partial charge in [-0.05, 0) is 38.0 Å². The molecule has 0 radical (unpaired) electrons. The van der Waals surface area contributed by atoms with Crippen molar-refractivity contribution in [3.63, 3.8) is 0 Å². The van der Waals surface area contributed by atoms with Crippen molar-refractivity contribution < 1.29 is 18.0 Å². The van der Waals surface area contributed by atoms with Crippen LogP contribution in [0.1, 0.15) is 44.0 Å². The molecular formula is C27H19NO4S. The lowest BCUT2D eigenvalue weighted by Crippen LogP contribution is -2.26. The molecule has 0 spiro atoms. The molecule has 5 nitrogen and oxygen atoms in total. The highest BCUT2D eigenvalue weighted by Gasteiger charge is 2.39. The third-order valence-corrected chi connectivity index (χ3v) is 8.33. The van der Waals surface area contributed by atoms with Crippen LogP contribution in [-0.4, -0.2) is 24.0 Å². The summed E-state index contributed by atoms with van der Waals surface area (Å²) in [6.07, 6.45) is 0.677.